The molecular formula is C16H24N4. The highest BCUT2D eigenvalue weighted by Gasteiger charge is 2.16. The van der Waals surface area contributed by atoms with Gasteiger partial charge in [-0.2, -0.15) is 0 Å². The second kappa shape index (κ2) is 5.94. The maximum Gasteiger partial charge on any atom is 0.124 e. The van der Waals surface area contributed by atoms with E-state index in [1.807, 2.05) is 0 Å². The van der Waals surface area contributed by atoms with Gasteiger partial charge in [0, 0.05) is 32.7 Å². The van der Waals surface area contributed by atoms with Gasteiger partial charge in [0.25, 0.3) is 0 Å². The lowest BCUT2D eigenvalue weighted by atomic mass is 10.2. The van der Waals surface area contributed by atoms with Crippen molar-refractivity contribution >= 4 is 11.0 Å². The molecule has 0 amide bonds. The van der Waals surface area contributed by atoms with Crippen molar-refractivity contribution in [3.8, 4) is 0 Å². The minimum absolute atomic E-state index is 0.634. The van der Waals surface area contributed by atoms with E-state index in [4.69, 9.17) is 4.98 Å². The lowest BCUT2D eigenvalue weighted by Crippen LogP contribution is -2.43. The van der Waals surface area contributed by atoms with E-state index in [2.05, 4.69) is 52.9 Å². The number of hydrogen-bond donors (Lipinski definition) is 1. The second-order valence-corrected chi connectivity index (χ2v) is 6.05. The van der Waals surface area contributed by atoms with Crippen LogP contribution in [0.4, 0.5) is 0 Å². The highest BCUT2D eigenvalue weighted by molar-refractivity contribution is 5.75. The van der Waals surface area contributed by atoms with Gasteiger partial charge in [0.15, 0.2) is 0 Å². The molecule has 4 heteroatoms. The van der Waals surface area contributed by atoms with Crippen LogP contribution in [0.3, 0.4) is 0 Å². The normalized spacial score (nSPS) is 17.1. The Kier molecular flexibility index (Phi) is 4.03. The standard InChI is InChI=1S/C16H24N4/c1-13(2)11-20-15-6-4-3-5-14(15)18-16(20)12-19-9-7-17-8-10-19/h3-6,13,17H,7-12H2,1-2H3. The third-order valence-electron chi connectivity index (χ3n) is 3.86. The monoisotopic (exact) mass is 272 g/mol. The number of aromatic nitrogens is 2. The lowest BCUT2D eigenvalue weighted by molar-refractivity contribution is 0.224. The highest BCUT2D eigenvalue weighted by Crippen LogP contribution is 2.19. The SMILES string of the molecule is CC(C)Cn1c(CN2CCNCC2)nc2ccccc21. The summed E-state index contributed by atoms with van der Waals surface area (Å²) in [6, 6.07) is 8.48. The Bertz CT molecular complexity index is 567. The summed E-state index contributed by atoms with van der Waals surface area (Å²) in [6.07, 6.45) is 0. The Morgan fingerprint density at radius 2 is 1.95 bits per heavy atom. The molecule has 2 heterocycles. The van der Waals surface area contributed by atoms with E-state index in [1.54, 1.807) is 0 Å². The number of piperazine rings is 1. The summed E-state index contributed by atoms with van der Waals surface area (Å²) in [5.41, 5.74) is 2.39. The van der Waals surface area contributed by atoms with Crippen molar-refractivity contribution in [2.75, 3.05) is 26.2 Å². The van der Waals surface area contributed by atoms with E-state index in [0.29, 0.717) is 5.92 Å². The predicted octanol–water partition coefficient (Wildman–Crippen LogP) is 2.10. The number of nitrogens with zero attached hydrogens (tertiary/aromatic N) is 3. The Balaban J connectivity index is 1.91. The third-order valence-corrected chi connectivity index (χ3v) is 3.86. The number of fused-ring (bicyclic) bond motifs is 1. The number of rotatable bonds is 4. The first-order valence-electron chi connectivity index (χ1n) is 7.61. The molecule has 1 aliphatic heterocycles. The van der Waals surface area contributed by atoms with Gasteiger partial charge in [-0.15, -0.1) is 0 Å². The maximum absolute atomic E-state index is 4.86. The second-order valence-electron chi connectivity index (χ2n) is 6.05. The molecule has 0 aliphatic carbocycles. The van der Waals surface area contributed by atoms with Crippen molar-refractivity contribution in [3.05, 3.63) is 30.1 Å². The van der Waals surface area contributed by atoms with Gasteiger partial charge in [-0.3, -0.25) is 4.90 Å². The minimum atomic E-state index is 0.634. The number of para-hydroxylation sites is 2. The number of hydrogen-bond acceptors (Lipinski definition) is 3. The van der Waals surface area contributed by atoms with Crippen LogP contribution in [0.2, 0.25) is 0 Å². The number of nitrogens with one attached hydrogen (secondary N) is 1. The average molecular weight is 272 g/mol. The van der Waals surface area contributed by atoms with Gasteiger partial charge in [-0.1, -0.05) is 26.0 Å². The molecule has 20 heavy (non-hydrogen) atoms. The molecule has 1 fully saturated rings. The molecule has 0 saturated carbocycles. The van der Waals surface area contributed by atoms with Gasteiger partial charge in [-0.05, 0) is 18.1 Å². The van der Waals surface area contributed by atoms with E-state index < -0.39 is 0 Å². The third kappa shape index (κ3) is 2.86. The van der Waals surface area contributed by atoms with Crippen LogP contribution in [0.1, 0.15) is 19.7 Å². The molecule has 0 atom stereocenters. The zero-order chi connectivity index (χ0) is 13.9. The topological polar surface area (TPSA) is 33.1 Å². The number of imidazole rings is 1. The maximum atomic E-state index is 4.86. The Morgan fingerprint density at radius 1 is 1.20 bits per heavy atom. The van der Waals surface area contributed by atoms with Gasteiger partial charge in [0.2, 0.25) is 0 Å². The Hall–Kier alpha value is -1.39. The van der Waals surface area contributed by atoms with Crippen LogP contribution in [-0.4, -0.2) is 40.6 Å². The average Bonchev–Trinajstić information content (AvgIpc) is 2.78. The van der Waals surface area contributed by atoms with Crippen molar-refractivity contribution in [3.63, 3.8) is 0 Å². The molecule has 1 aromatic heterocycles. The molecule has 0 unspecified atom stereocenters. The first-order chi connectivity index (χ1) is 9.74. The summed E-state index contributed by atoms with van der Waals surface area (Å²) < 4.78 is 2.40. The first kappa shape index (κ1) is 13.6. The molecule has 3 rings (SSSR count). The summed E-state index contributed by atoms with van der Waals surface area (Å²) >= 11 is 0. The zero-order valence-corrected chi connectivity index (χ0v) is 12.5. The fraction of sp³-hybridized carbons (Fsp3) is 0.562. The van der Waals surface area contributed by atoms with Crippen molar-refractivity contribution in [2.24, 2.45) is 5.92 Å². The molecule has 4 nitrogen and oxygen atoms in total. The van der Waals surface area contributed by atoms with Crippen molar-refractivity contribution < 1.29 is 0 Å². The summed E-state index contributed by atoms with van der Waals surface area (Å²) in [5, 5.41) is 3.41. The van der Waals surface area contributed by atoms with Gasteiger partial charge < -0.3 is 9.88 Å². The van der Waals surface area contributed by atoms with E-state index in [1.165, 1.54) is 11.3 Å². The van der Waals surface area contributed by atoms with Crippen LogP contribution in [0.5, 0.6) is 0 Å². The fourth-order valence-electron chi connectivity index (χ4n) is 2.88. The van der Waals surface area contributed by atoms with Crippen molar-refractivity contribution in [1.82, 2.24) is 19.8 Å². The molecule has 1 aliphatic rings. The largest absolute Gasteiger partial charge is 0.327 e. The van der Waals surface area contributed by atoms with E-state index >= 15 is 0 Å². The van der Waals surface area contributed by atoms with Crippen LogP contribution >= 0.6 is 0 Å². The van der Waals surface area contributed by atoms with Crippen molar-refractivity contribution in [2.45, 2.75) is 26.9 Å². The predicted molar refractivity (Wildman–Crippen MR) is 82.7 cm³/mol. The molecule has 0 spiro atoms. The smallest absolute Gasteiger partial charge is 0.124 e. The molecular weight excluding hydrogens is 248 g/mol. The molecule has 0 bridgehead atoms. The van der Waals surface area contributed by atoms with Gasteiger partial charge >= 0.3 is 0 Å². The van der Waals surface area contributed by atoms with E-state index in [9.17, 15) is 0 Å². The quantitative estimate of drug-likeness (QED) is 0.925. The van der Waals surface area contributed by atoms with E-state index in [0.717, 1.165) is 44.8 Å². The van der Waals surface area contributed by atoms with Crippen LogP contribution in [0.15, 0.2) is 24.3 Å². The fourth-order valence-corrected chi connectivity index (χ4v) is 2.88. The summed E-state index contributed by atoms with van der Waals surface area (Å²) in [5.74, 6) is 1.84. The van der Waals surface area contributed by atoms with Crippen LogP contribution in [0, 0.1) is 5.92 Å². The Morgan fingerprint density at radius 3 is 2.70 bits per heavy atom. The summed E-state index contributed by atoms with van der Waals surface area (Å²) in [6.45, 7) is 10.9. The van der Waals surface area contributed by atoms with E-state index in [-0.39, 0.29) is 0 Å². The number of benzene rings is 1. The molecule has 1 N–H and O–H groups in total. The van der Waals surface area contributed by atoms with Crippen LogP contribution in [0.25, 0.3) is 11.0 Å². The lowest BCUT2D eigenvalue weighted by Gasteiger charge is -2.27. The molecule has 0 radical (unpaired) electrons. The van der Waals surface area contributed by atoms with Crippen molar-refractivity contribution in [1.29, 1.82) is 0 Å². The van der Waals surface area contributed by atoms with Gasteiger partial charge in [0.05, 0.1) is 17.6 Å². The van der Waals surface area contributed by atoms with Crippen LogP contribution < -0.4 is 5.32 Å². The summed E-state index contributed by atoms with van der Waals surface area (Å²) in [4.78, 5) is 7.36. The molecule has 1 aromatic carbocycles. The Labute approximate surface area is 120 Å². The zero-order valence-electron chi connectivity index (χ0n) is 12.5. The molecule has 108 valence electrons. The first-order valence-corrected chi connectivity index (χ1v) is 7.61. The molecule has 2 aromatic rings. The highest BCUT2D eigenvalue weighted by atomic mass is 15.2. The van der Waals surface area contributed by atoms with Crippen LogP contribution in [-0.2, 0) is 13.1 Å². The van der Waals surface area contributed by atoms with Gasteiger partial charge in [0.1, 0.15) is 5.82 Å². The minimum Gasteiger partial charge on any atom is -0.327 e. The summed E-state index contributed by atoms with van der Waals surface area (Å²) in [7, 11) is 0. The molecule has 1 saturated heterocycles. The van der Waals surface area contributed by atoms with Gasteiger partial charge in [-0.25, -0.2) is 4.98 Å².